The lowest BCUT2D eigenvalue weighted by Crippen LogP contribution is -2.33. The number of fused-ring (bicyclic) bond motifs is 1. The minimum Gasteiger partial charge on any atom is -0.496 e. The monoisotopic (exact) mass is 522 g/mol. The third-order valence-electron chi connectivity index (χ3n) is 7.05. The number of carbonyl (C=O) groups is 1. The molecule has 2 aromatic carbocycles. The minimum atomic E-state index is -0.563. The summed E-state index contributed by atoms with van der Waals surface area (Å²) in [6.07, 6.45) is 2.32. The van der Waals surface area contributed by atoms with Gasteiger partial charge in [0, 0.05) is 29.3 Å². The van der Waals surface area contributed by atoms with Crippen molar-refractivity contribution in [2.45, 2.75) is 24.8 Å². The molecular weight excluding hydrogens is 492 g/mol. The van der Waals surface area contributed by atoms with Crippen LogP contribution in [-0.4, -0.2) is 63.2 Å². The average Bonchev–Trinajstić information content (AvgIpc) is 3.42. The lowest BCUT2D eigenvalue weighted by Gasteiger charge is -2.35. The van der Waals surface area contributed by atoms with Crippen LogP contribution in [0.1, 0.15) is 35.9 Å². The third kappa shape index (κ3) is 4.04. The first-order valence-electron chi connectivity index (χ1n) is 12.0. The Labute approximate surface area is 220 Å². The van der Waals surface area contributed by atoms with E-state index >= 15 is 0 Å². The Bertz CT molecular complexity index is 1390. The summed E-state index contributed by atoms with van der Waals surface area (Å²) >= 11 is 0. The highest BCUT2D eigenvalue weighted by molar-refractivity contribution is 6.00. The predicted molar refractivity (Wildman–Crippen MR) is 138 cm³/mol. The van der Waals surface area contributed by atoms with Crippen molar-refractivity contribution in [3.8, 4) is 34.5 Å². The van der Waals surface area contributed by atoms with Crippen LogP contribution in [0.4, 0.5) is 5.95 Å². The van der Waals surface area contributed by atoms with Crippen LogP contribution in [0.2, 0.25) is 0 Å². The lowest BCUT2D eigenvalue weighted by atomic mass is 9.77. The number of hydrogen-bond donors (Lipinski definition) is 1. The molecule has 2 atom stereocenters. The molecule has 0 spiro atoms. The highest BCUT2D eigenvalue weighted by atomic mass is 16.5. The first-order chi connectivity index (χ1) is 18.5. The van der Waals surface area contributed by atoms with Crippen molar-refractivity contribution < 1.29 is 33.2 Å². The molecule has 11 nitrogen and oxygen atoms in total. The zero-order valence-corrected chi connectivity index (χ0v) is 22.2. The minimum absolute atomic E-state index is 0.0134. The Hall–Kier alpha value is -4.41. The van der Waals surface area contributed by atoms with E-state index in [0.29, 0.717) is 58.0 Å². The number of allylic oxidation sites excluding steroid dienone is 2. The topological polar surface area (TPSA) is 115 Å². The highest BCUT2D eigenvalue weighted by Gasteiger charge is 2.41. The summed E-state index contributed by atoms with van der Waals surface area (Å²) in [5.41, 5.74) is 3.01. The highest BCUT2D eigenvalue weighted by Crippen LogP contribution is 2.49. The van der Waals surface area contributed by atoms with Crippen LogP contribution in [0.5, 0.6) is 34.5 Å². The molecule has 2 heterocycles. The molecule has 0 bridgehead atoms. The first-order valence-corrected chi connectivity index (χ1v) is 12.0. The molecule has 0 radical (unpaired) electrons. The quantitative estimate of drug-likeness (QED) is 0.469. The van der Waals surface area contributed by atoms with Crippen LogP contribution >= 0.6 is 0 Å². The Balaban J connectivity index is 1.62. The Morgan fingerprint density at radius 3 is 2.03 bits per heavy atom. The zero-order chi connectivity index (χ0) is 27.0. The van der Waals surface area contributed by atoms with Crippen molar-refractivity contribution in [2.24, 2.45) is 0 Å². The number of aromatic nitrogens is 3. The van der Waals surface area contributed by atoms with Gasteiger partial charge in [0.15, 0.2) is 28.8 Å². The van der Waals surface area contributed by atoms with Crippen molar-refractivity contribution in [2.75, 3.05) is 48.0 Å². The van der Waals surface area contributed by atoms with E-state index in [-0.39, 0.29) is 18.1 Å². The number of nitrogens with one attached hydrogen (secondary N) is 1. The second kappa shape index (κ2) is 10.2. The maximum Gasteiger partial charge on any atom is 0.226 e. The summed E-state index contributed by atoms with van der Waals surface area (Å²) in [6.45, 7) is 0. The molecule has 5 rings (SSSR count). The number of methoxy groups -OCH3 is 6. The number of hydrogen-bond acceptors (Lipinski definition) is 10. The molecule has 1 aliphatic carbocycles. The normalized spacial score (nSPS) is 18.2. The van der Waals surface area contributed by atoms with E-state index in [1.807, 2.05) is 18.2 Å². The van der Waals surface area contributed by atoms with Crippen LogP contribution < -0.4 is 33.7 Å². The molecule has 2 aliphatic rings. The maximum atomic E-state index is 13.9. The van der Waals surface area contributed by atoms with E-state index in [9.17, 15) is 4.79 Å². The zero-order valence-electron chi connectivity index (χ0n) is 22.2. The van der Waals surface area contributed by atoms with Crippen LogP contribution in [-0.2, 0) is 4.79 Å². The number of nitrogens with zero attached hydrogens (tertiary/aromatic N) is 3. The van der Waals surface area contributed by atoms with E-state index in [1.165, 1.54) is 6.33 Å². The second-order valence-corrected chi connectivity index (χ2v) is 8.88. The van der Waals surface area contributed by atoms with Gasteiger partial charge in [-0.1, -0.05) is 0 Å². The number of carbonyl (C=O) groups excluding carboxylic acids is 1. The van der Waals surface area contributed by atoms with Crippen LogP contribution in [0.15, 0.2) is 41.9 Å². The molecule has 0 saturated heterocycles. The van der Waals surface area contributed by atoms with Crippen LogP contribution in [0.3, 0.4) is 0 Å². The fourth-order valence-corrected chi connectivity index (χ4v) is 5.28. The molecule has 3 aromatic rings. The van der Waals surface area contributed by atoms with Gasteiger partial charge in [-0.05, 0) is 36.1 Å². The Morgan fingerprint density at radius 2 is 1.42 bits per heavy atom. The van der Waals surface area contributed by atoms with Gasteiger partial charge in [-0.3, -0.25) is 4.79 Å². The van der Waals surface area contributed by atoms with Gasteiger partial charge in [-0.2, -0.15) is 10.1 Å². The van der Waals surface area contributed by atoms with Crippen molar-refractivity contribution >= 4 is 11.7 Å². The van der Waals surface area contributed by atoms with Crippen molar-refractivity contribution in [1.82, 2.24) is 14.8 Å². The summed E-state index contributed by atoms with van der Waals surface area (Å²) in [4.78, 5) is 18.3. The molecule has 200 valence electrons. The SMILES string of the molecule is COc1cc(OC)c([C@H]2C3=C(C[C@@H](c4cc(OC)c(OC)c(OC)c4)CC3=O)Nc3ncnn32)cc1OC. The van der Waals surface area contributed by atoms with Gasteiger partial charge >= 0.3 is 0 Å². The average molecular weight is 523 g/mol. The molecule has 1 aliphatic heterocycles. The van der Waals surface area contributed by atoms with Gasteiger partial charge in [0.25, 0.3) is 0 Å². The molecule has 0 unspecified atom stereocenters. The number of benzene rings is 2. The van der Waals surface area contributed by atoms with Crippen molar-refractivity contribution in [3.05, 3.63) is 53.0 Å². The van der Waals surface area contributed by atoms with Gasteiger partial charge < -0.3 is 33.7 Å². The predicted octanol–water partition coefficient (Wildman–Crippen LogP) is 3.75. The number of rotatable bonds is 8. The molecule has 1 N–H and O–H groups in total. The molecule has 0 saturated carbocycles. The van der Waals surface area contributed by atoms with Gasteiger partial charge in [0.2, 0.25) is 11.7 Å². The van der Waals surface area contributed by atoms with E-state index in [1.54, 1.807) is 53.4 Å². The van der Waals surface area contributed by atoms with Crippen molar-refractivity contribution in [3.63, 3.8) is 0 Å². The molecule has 0 amide bonds. The first kappa shape index (κ1) is 25.2. The smallest absolute Gasteiger partial charge is 0.226 e. The molecule has 38 heavy (non-hydrogen) atoms. The molecule has 0 fully saturated rings. The Morgan fingerprint density at radius 1 is 0.789 bits per heavy atom. The number of anilines is 1. The van der Waals surface area contributed by atoms with Gasteiger partial charge in [0.05, 0.1) is 42.7 Å². The van der Waals surface area contributed by atoms with E-state index in [0.717, 1.165) is 11.3 Å². The fourth-order valence-electron chi connectivity index (χ4n) is 5.28. The third-order valence-corrected chi connectivity index (χ3v) is 7.05. The van der Waals surface area contributed by atoms with Crippen LogP contribution in [0, 0.1) is 0 Å². The van der Waals surface area contributed by atoms with Crippen LogP contribution in [0.25, 0.3) is 0 Å². The van der Waals surface area contributed by atoms with Gasteiger partial charge in [0.1, 0.15) is 18.1 Å². The van der Waals surface area contributed by atoms with Gasteiger partial charge in [-0.15, -0.1) is 0 Å². The van der Waals surface area contributed by atoms with E-state index < -0.39 is 6.04 Å². The maximum absolute atomic E-state index is 13.9. The standard InChI is InChI=1S/C27H30N4O7/c1-33-19-12-21(35-3)20(34-2)11-16(19)25-24-17(30-27-28-13-29-31(25)27)7-14(8-18(24)32)15-9-22(36-4)26(38-6)23(10-15)37-5/h9-14,25H,7-8H2,1-6H3,(H,28,29,30)/t14-,25+/m1/s1. The number of ketones is 1. The summed E-state index contributed by atoms with van der Waals surface area (Å²) < 4.78 is 35.0. The second-order valence-electron chi connectivity index (χ2n) is 8.88. The molecule has 11 heteroatoms. The number of ether oxygens (including phenoxy) is 6. The van der Waals surface area contributed by atoms with E-state index in [4.69, 9.17) is 28.4 Å². The van der Waals surface area contributed by atoms with Gasteiger partial charge in [-0.25, -0.2) is 4.68 Å². The Kier molecular flexibility index (Phi) is 6.75. The summed E-state index contributed by atoms with van der Waals surface area (Å²) in [7, 11) is 9.41. The van der Waals surface area contributed by atoms with Crippen molar-refractivity contribution in [1.29, 1.82) is 0 Å². The summed E-state index contributed by atoms with van der Waals surface area (Å²) in [5, 5.41) is 7.78. The number of Topliss-reactive ketones (excluding diaryl/α,β-unsaturated/α-hetero) is 1. The molecule has 1 aromatic heterocycles. The summed E-state index contributed by atoms with van der Waals surface area (Å²) in [6, 6.07) is 6.80. The molecular formula is C27H30N4O7. The summed E-state index contributed by atoms with van der Waals surface area (Å²) in [5.74, 6) is 3.57. The van der Waals surface area contributed by atoms with E-state index in [2.05, 4.69) is 15.4 Å². The largest absolute Gasteiger partial charge is 0.496 e. The fraction of sp³-hybridized carbons (Fsp3) is 0.370. The lowest BCUT2D eigenvalue weighted by molar-refractivity contribution is -0.116.